The number of anilines is 1. The highest BCUT2D eigenvalue weighted by molar-refractivity contribution is 6.37. The number of nitrogens with one attached hydrogen (secondary N) is 1. The number of carbonyl (C=O) groups is 1. The van der Waals surface area contributed by atoms with Crippen molar-refractivity contribution in [2.24, 2.45) is 0 Å². The highest BCUT2D eigenvalue weighted by Gasteiger charge is 2.12. The van der Waals surface area contributed by atoms with E-state index in [1.165, 1.54) is 12.1 Å². The van der Waals surface area contributed by atoms with Crippen molar-refractivity contribution in [2.75, 3.05) is 11.9 Å². The van der Waals surface area contributed by atoms with E-state index in [9.17, 15) is 9.18 Å². The van der Waals surface area contributed by atoms with Crippen molar-refractivity contribution in [1.29, 1.82) is 0 Å². The van der Waals surface area contributed by atoms with Crippen LogP contribution in [0.1, 0.15) is 30.9 Å². The summed E-state index contributed by atoms with van der Waals surface area (Å²) in [5, 5.41) is 12.5. The van der Waals surface area contributed by atoms with Crippen LogP contribution >= 0.6 is 23.2 Å². The first-order chi connectivity index (χ1) is 12.4. The SMILES string of the molecule is CCCNc1cc(F)cc(COc2c(Cl)cc(CCC(=O)O)cc2Cl)c1. The Bertz CT molecular complexity index is 760. The van der Waals surface area contributed by atoms with Gasteiger partial charge in [0.25, 0.3) is 0 Å². The van der Waals surface area contributed by atoms with Crippen LogP contribution in [0.15, 0.2) is 30.3 Å². The van der Waals surface area contributed by atoms with E-state index in [0.29, 0.717) is 39.0 Å². The Kier molecular flexibility index (Phi) is 7.54. The Hall–Kier alpha value is -1.98. The predicted octanol–water partition coefficient (Wildman–Crippen LogP) is 5.55. The first kappa shape index (κ1) is 20.3. The van der Waals surface area contributed by atoms with Gasteiger partial charge in [-0.3, -0.25) is 4.79 Å². The molecule has 0 aliphatic carbocycles. The molecule has 2 aromatic carbocycles. The lowest BCUT2D eigenvalue weighted by molar-refractivity contribution is -0.136. The maximum absolute atomic E-state index is 13.7. The lowest BCUT2D eigenvalue weighted by Gasteiger charge is -2.13. The van der Waals surface area contributed by atoms with E-state index in [1.807, 2.05) is 13.0 Å². The molecule has 2 aromatic rings. The van der Waals surface area contributed by atoms with Crippen molar-refractivity contribution in [2.45, 2.75) is 32.8 Å². The van der Waals surface area contributed by atoms with Crippen LogP contribution in [-0.4, -0.2) is 17.6 Å². The highest BCUT2D eigenvalue weighted by atomic mass is 35.5. The number of benzene rings is 2. The molecule has 0 aromatic heterocycles. The third-order valence-corrected chi connectivity index (χ3v) is 4.17. The molecule has 0 radical (unpaired) electrons. The van der Waals surface area contributed by atoms with Gasteiger partial charge >= 0.3 is 5.97 Å². The number of hydrogen-bond acceptors (Lipinski definition) is 3. The molecule has 0 saturated carbocycles. The van der Waals surface area contributed by atoms with Crippen LogP contribution < -0.4 is 10.1 Å². The molecule has 2 N–H and O–H groups in total. The second-order valence-electron chi connectivity index (χ2n) is 5.85. The Balaban J connectivity index is 2.09. The minimum atomic E-state index is -0.892. The molecular formula is C19H20Cl2FNO3. The first-order valence-electron chi connectivity index (χ1n) is 8.25. The van der Waals surface area contributed by atoms with E-state index >= 15 is 0 Å². The molecule has 0 fully saturated rings. The van der Waals surface area contributed by atoms with Gasteiger partial charge in [-0.1, -0.05) is 30.1 Å². The van der Waals surface area contributed by atoms with Gasteiger partial charge in [-0.25, -0.2) is 4.39 Å². The van der Waals surface area contributed by atoms with Gasteiger partial charge in [0.2, 0.25) is 0 Å². The fraction of sp³-hybridized carbons (Fsp3) is 0.316. The summed E-state index contributed by atoms with van der Waals surface area (Å²) in [5.41, 5.74) is 2.05. The van der Waals surface area contributed by atoms with Crippen molar-refractivity contribution in [3.63, 3.8) is 0 Å². The Morgan fingerprint density at radius 1 is 1.15 bits per heavy atom. The molecule has 0 atom stereocenters. The van der Waals surface area contributed by atoms with Crippen molar-refractivity contribution in [1.82, 2.24) is 0 Å². The smallest absolute Gasteiger partial charge is 0.303 e. The zero-order chi connectivity index (χ0) is 19.1. The van der Waals surface area contributed by atoms with Crippen LogP contribution in [0.5, 0.6) is 5.75 Å². The van der Waals surface area contributed by atoms with Crippen LogP contribution in [-0.2, 0) is 17.8 Å². The van der Waals surface area contributed by atoms with Crippen molar-refractivity contribution in [3.05, 3.63) is 57.3 Å². The van der Waals surface area contributed by atoms with E-state index in [1.54, 1.807) is 12.1 Å². The molecular weight excluding hydrogens is 380 g/mol. The number of rotatable bonds is 9. The Labute approximate surface area is 161 Å². The van der Waals surface area contributed by atoms with Crippen molar-refractivity contribution in [3.8, 4) is 5.75 Å². The lowest BCUT2D eigenvalue weighted by atomic mass is 10.1. The molecule has 0 aliphatic rings. The minimum Gasteiger partial charge on any atom is -0.486 e. The number of aliphatic carboxylic acids is 1. The number of aryl methyl sites for hydroxylation is 1. The molecule has 0 heterocycles. The summed E-state index contributed by atoms with van der Waals surface area (Å²) in [5.74, 6) is -0.957. The number of hydrogen-bond donors (Lipinski definition) is 2. The summed E-state index contributed by atoms with van der Waals surface area (Å²) < 4.78 is 19.4. The van der Waals surface area contributed by atoms with Crippen LogP contribution in [0, 0.1) is 5.82 Å². The molecule has 0 amide bonds. The van der Waals surface area contributed by atoms with Crippen LogP contribution in [0.25, 0.3) is 0 Å². The average molecular weight is 400 g/mol. The number of halogens is 3. The Morgan fingerprint density at radius 2 is 1.85 bits per heavy atom. The van der Waals surface area contributed by atoms with Gasteiger partial charge in [-0.2, -0.15) is 0 Å². The van der Waals surface area contributed by atoms with Crippen molar-refractivity contribution < 1.29 is 19.0 Å². The summed E-state index contributed by atoms with van der Waals surface area (Å²) in [6, 6.07) is 7.88. The van der Waals surface area contributed by atoms with E-state index in [-0.39, 0.29) is 18.8 Å². The lowest BCUT2D eigenvalue weighted by Crippen LogP contribution is -2.03. The van der Waals surface area contributed by atoms with Gasteiger partial charge in [0, 0.05) is 18.7 Å². The van der Waals surface area contributed by atoms with Gasteiger partial charge in [0.15, 0.2) is 5.75 Å². The fourth-order valence-corrected chi connectivity index (χ4v) is 3.05. The van der Waals surface area contributed by atoms with E-state index in [0.717, 1.165) is 13.0 Å². The molecule has 2 rings (SSSR count). The monoisotopic (exact) mass is 399 g/mol. The summed E-state index contributed by atoms with van der Waals surface area (Å²) >= 11 is 12.4. The predicted molar refractivity (Wildman–Crippen MR) is 102 cm³/mol. The van der Waals surface area contributed by atoms with Gasteiger partial charge in [-0.15, -0.1) is 0 Å². The molecule has 7 heteroatoms. The molecule has 0 saturated heterocycles. The maximum Gasteiger partial charge on any atom is 0.303 e. The molecule has 0 aliphatic heterocycles. The minimum absolute atomic E-state index is 0.0102. The number of ether oxygens (including phenoxy) is 1. The van der Waals surface area contributed by atoms with E-state index < -0.39 is 5.97 Å². The quantitative estimate of drug-likeness (QED) is 0.580. The molecule has 0 spiro atoms. The molecule has 26 heavy (non-hydrogen) atoms. The van der Waals surface area contributed by atoms with Crippen molar-refractivity contribution >= 4 is 34.9 Å². The third kappa shape index (κ3) is 6.07. The van der Waals surface area contributed by atoms with Gasteiger partial charge in [-0.05, 0) is 54.3 Å². The second kappa shape index (κ2) is 9.64. The zero-order valence-corrected chi connectivity index (χ0v) is 15.8. The first-order valence-corrected chi connectivity index (χ1v) is 9.00. The summed E-state index contributed by atoms with van der Waals surface area (Å²) in [6.45, 7) is 2.88. The highest BCUT2D eigenvalue weighted by Crippen LogP contribution is 2.35. The number of carboxylic acids is 1. The zero-order valence-electron chi connectivity index (χ0n) is 14.3. The summed E-state index contributed by atoms with van der Waals surface area (Å²) in [4.78, 5) is 10.7. The third-order valence-electron chi connectivity index (χ3n) is 3.61. The molecule has 0 unspecified atom stereocenters. The molecule has 0 bridgehead atoms. The van der Waals surface area contributed by atoms with E-state index in [4.69, 9.17) is 33.0 Å². The normalized spacial score (nSPS) is 10.6. The fourth-order valence-electron chi connectivity index (χ4n) is 2.41. The Morgan fingerprint density at radius 3 is 2.46 bits per heavy atom. The van der Waals surface area contributed by atoms with Gasteiger partial charge < -0.3 is 15.2 Å². The topological polar surface area (TPSA) is 58.6 Å². The number of carboxylic acid groups (broad SMARTS) is 1. The second-order valence-corrected chi connectivity index (χ2v) is 6.66. The van der Waals surface area contributed by atoms with Crippen LogP contribution in [0.2, 0.25) is 10.0 Å². The largest absolute Gasteiger partial charge is 0.486 e. The summed E-state index contributed by atoms with van der Waals surface area (Å²) in [6.07, 6.45) is 1.25. The molecule has 140 valence electrons. The van der Waals surface area contributed by atoms with Crippen LogP contribution in [0.4, 0.5) is 10.1 Å². The van der Waals surface area contributed by atoms with Gasteiger partial charge in [0.1, 0.15) is 12.4 Å². The van der Waals surface area contributed by atoms with Gasteiger partial charge in [0.05, 0.1) is 10.0 Å². The maximum atomic E-state index is 13.7. The summed E-state index contributed by atoms with van der Waals surface area (Å²) in [7, 11) is 0. The standard InChI is InChI=1S/C19H20Cl2FNO3/c1-2-5-23-15-7-13(6-14(22)10-15)11-26-19-16(20)8-12(9-17(19)21)3-4-18(24)25/h6-10,23H,2-5,11H2,1H3,(H,24,25). The van der Waals surface area contributed by atoms with E-state index in [2.05, 4.69) is 5.32 Å². The molecule has 4 nitrogen and oxygen atoms in total. The van der Waals surface area contributed by atoms with Crippen LogP contribution in [0.3, 0.4) is 0 Å². The average Bonchev–Trinajstić information content (AvgIpc) is 2.57.